The summed E-state index contributed by atoms with van der Waals surface area (Å²) in [5.41, 5.74) is 6.18. The van der Waals surface area contributed by atoms with Crippen LogP contribution in [0.2, 0.25) is 5.02 Å². The number of carbonyl (C=O) groups is 1. The first kappa shape index (κ1) is 14.7. The van der Waals surface area contributed by atoms with Gasteiger partial charge in [-0.2, -0.15) is 0 Å². The van der Waals surface area contributed by atoms with E-state index in [9.17, 15) is 4.79 Å². The first-order valence-electron chi connectivity index (χ1n) is 5.33. The standard InChI is InChI=1S/C12H14ClNO3S/c1-16-11(15)3-2-6-17-10-5-4-8(12(14)18)7-9(10)13/h4-5,7H,2-3,6H2,1H3,(H2,14,18). The fourth-order valence-corrected chi connectivity index (χ4v) is 1.63. The van der Waals surface area contributed by atoms with Gasteiger partial charge in [0.25, 0.3) is 0 Å². The van der Waals surface area contributed by atoms with E-state index in [0.29, 0.717) is 35.8 Å². The molecular weight excluding hydrogens is 274 g/mol. The number of hydrogen-bond acceptors (Lipinski definition) is 4. The van der Waals surface area contributed by atoms with Crippen LogP contribution in [0, 0.1) is 0 Å². The Bertz CT molecular complexity index is 451. The van der Waals surface area contributed by atoms with Crippen molar-refractivity contribution in [2.45, 2.75) is 12.8 Å². The largest absolute Gasteiger partial charge is 0.492 e. The molecule has 0 saturated heterocycles. The van der Waals surface area contributed by atoms with Crippen LogP contribution in [0.3, 0.4) is 0 Å². The molecule has 18 heavy (non-hydrogen) atoms. The van der Waals surface area contributed by atoms with Crippen LogP contribution in [0.25, 0.3) is 0 Å². The minimum absolute atomic E-state index is 0.256. The maximum atomic E-state index is 10.9. The Kier molecular flexibility index (Phi) is 5.88. The monoisotopic (exact) mass is 287 g/mol. The van der Waals surface area contributed by atoms with Gasteiger partial charge in [0.1, 0.15) is 10.7 Å². The highest BCUT2D eigenvalue weighted by molar-refractivity contribution is 7.80. The molecule has 0 amide bonds. The van der Waals surface area contributed by atoms with Crippen molar-refractivity contribution in [3.8, 4) is 5.75 Å². The molecule has 0 heterocycles. The predicted molar refractivity (Wildman–Crippen MR) is 74.1 cm³/mol. The van der Waals surface area contributed by atoms with Crippen LogP contribution in [0.4, 0.5) is 0 Å². The van der Waals surface area contributed by atoms with E-state index in [1.54, 1.807) is 18.2 Å². The summed E-state index contributed by atoms with van der Waals surface area (Å²) in [4.78, 5) is 11.2. The van der Waals surface area contributed by atoms with Gasteiger partial charge in [-0.05, 0) is 24.6 Å². The summed E-state index contributed by atoms with van der Waals surface area (Å²) in [5.74, 6) is 0.287. The van der Waals surface area contributed by atoms with Crippen molar-refractivity contribution in [2.75, 3.05) is 13.7 Å². The summed E-state index contributed by atoms with van der Waals surface area (Å²) in [6, 6.07) is 5.10. The normalized spacial score (nSPS) is 9.89. The van der Waals surface area contributed by atoms with Crippen molar-refractivity contribution >= 4 is 34.8 Å². The average Bonchev–Trinajstić information content (AvgIpc) is 2.35. The second kappa shape index (κ2) is 7.18. The average molecular weight is 288 g/mol. The molecule has 0 saturated carbocycles. The zero-order chi connectivity index (χ0) is 13.5. The molecule has 0 aliphatic heterocycles. The smallest absolute Gasteiger partial charge is 0.305 e. The summed E-state index contributed by atoms with van der Waals surface area (Å²) < 4.78 is 9.96. The molecule has 1 rings (SSSR count). The summed E-state index contributed by atoms with van der Waals surface area (Å²) >= 11 is 10.9. The van der Waals surface area contributed by atoms with Crippen molar-refractivity contribution in [3.05, 3.63) is 28.8 Å². The van der Waals surface area contributed by atoms with E-state index in [1.165, 1.54) is 7.11 Å². The zero-order valence-electron chi connectivity index (χ0n) is 9.94. The molecule has 1 aromatic carbocycles. The number of carbonyl (C=O) groups excluding carboxylic acids is 1. The van der Waals surface area contributed by atoms with Gasteiger partial charge in [-0.1, -0.05) is 23.8 Å². The zero-order valence-corrected chi connectivity index (χ0v) is 11.5. The summed E-state index contributed by atoms with van der Waals surface area (Å²) in [6.45, 7) is 0.390. The summed E-state index contributed by atoms with van der Waals surface area (Å²) in [5, 5.41) is 0.443. The fraction of sp³-hybridized carbons (Fsp3) is 0.333. The van der Waals surface area contributed by atoms with E-state index < -0.39 is 0 Å². The maximum Gasteiger partial charge on any atom is 0.305 e. The number of methoxy groups -OCH3 is 1. The molecule has 0 radical (unpaired) electrons. The lowest BCUT2D eigenvalue weighted by Crippen LogP contribution is -2.09. The number of thiocarbonyl (C=S) groups is 1. The summed E-state index contributed by atoms with van der Waals surface area (Å²) in [7, 11) is 1.36. The van der Waals surface area contributed by atoms with Gasteiger partial charge >= 0.3 is 5.97 Å². The molecule has 0 fully saturated rings. The van der Waals surface area contributed by atoms with Crippen LogP contribution in [0.1, 0.15) is 18.4 Å². The van der Waals surface area contributed by atoms with E-state index in [-0.39, 0.29) is 11.0 Å². The van der Waals surface area contributed by atoms with E-state index in [1.807, 2.05) is 0 Å². The number of ether oxygens (including phenoxy) is 2. The quantitative estimate of drug-likeness (QED) is 0.494. The number of esters is 1. The number of hydrogen-bond donors (Lipinski definition) is 1. The Hall–Kier alpha value is -1.33. The highest BCUT2D eigenvalue weighted by atomic mass is 35.5. The second-order valence-corrected chi connectivity index (χ2v) is 4.38. The van der Waals surface area contributed by atoms with Crippen molar-refractivity contribution in [1.82, 2.24) is 0 Å². The molecule has 0 atom stereocenters. The highest BCUT2D eigenvalue weighted by Crippen LogP contribution is 2.25. The highest BCUT2D eigenvalue weighted by Gasteiger charge is 2.05. The molecule has 0 aliphatic rings. The second-order valence-electron chi connectivity index (χ2n) is 3.54. The van der Waals surface area contributed by atoms with E-state index in [0.717, 1.165) is 0 Å². The van der Waals surface area contributed by atoms with Gasteiger partial charge in [0, 0.05) is 12.0 Å². The third-order valence-electron chi connectivity index (χ3n) is 2.23. The maximum absolute atomic E-state index is 10.9. The minimum Gasteiger partial charge on any atom is -0.492 e. The van der Waals surface area contributed by atoms with Gasteiger partial charge in [-0.15, -0.1) is 0 Å². The lowest BCUT2D eigenvalue weighted by atomic mass is 10.2. The first-order chi connectivity index (χ1) is 8.54. The molecule has 0 aromatic heterocycles. The number of nitrogens with two attached hydrogens (primary N) is 1. The Morgan fingerprint density at radius 1 is 1.50 bits per heavy atom. The van der Waals surface area contributed by atoms with Crippen LogP contribution in [-0.2, 0) is 9.53 Å². The molecule has 6 heteroatoms. The van der Waals surface area contributed by atoms with Crippen molar-refractivity contribution in [1.29, 1.82) is 0 Å². The molecule has 0 aliphatic carbocycles. The van der Waals surface area contributed by atoms with Crippen LogP contribution in [0.15, 0.2) is 18.2 Å². The molecule has 0 unspecified atom stereocenters. The van der Waals surface area contributed by atoms with E-state index >= 15 is 0 Å². The van der Waals surface area contributed by atoms with E-state index in [2.05, 4.69) is 4.74 Å². The lowest BCUT2D eigenvalue weighted by molar-refractivity contribution is -0.140. The van der Waals surface area contributed by atoms with E-state index in [4.69, 9.17) is 34.3 Å². The Balaban J connectivity index is 2.48. The molecule has 0 spiro atoms. The Morgan fingerprint density at radius 3 is 2.78 bits per heavy atom. The minimum atomic E-state index is -0.256. The van der Waals surface area contributed by atoms with Gasteiger partial charge in [0.15, 0.2) is 0 Å². The number of benzene rings is 1. The molecule has 1 aromatic rings. The molecule has 98 valence electrons. The Morgan fingerprint density at radius 2 is 2.22 bits per heavy atom. The number of rotatable bonds is 6. The third-order valence-corrected chi connectivity index (χ3v) is 2.76. The van der Waals surface area contributed by atoms with Gasteiger partial charge in [-0.25, -0.2) is 0 Å². The third kappa shape index (κ3) is 4.50. The molecular formula is C12H14ClNO3S. The molecule has 2 N–H and O–H groups in total. The predicted octanol–water partition coefficient (Wildman–Crippen LogP) is 2.31. The molecule has 0 bridgehead atoms. The topological polar surface area (TPSA) is 61.5 Å². The van der Waals surface area contributed by atoms with Crippen LogP contribution in [0.5, 0.6) is 5.75 Å². The van der Waals surface area contributed by atoms with Crippen molar-refractivity contribution in [2.24, 2.45) is 5.73 Å². The number of halogens is 1. The van der Waals surface area contributed by atoms with Crippen LogP contribution >= 0.6 is 23.8 Å². The molecule has 4 nitrogen and oxygen atoms in total. The van der Waals surface area contributed by atoms with Crippen LogP contribution in [-0.4, -0.2) is 24.7 Å². The van der Waals surface area contributed by atoms with Gasteiger partial charge in [0.05, 0.1) is 18.7 Å². The van der Waals surface area contributed by atoms with Crippen molar-refractivity contribution in [3.63, 3.8) is 0 Å². The summed E-state index contributed by atoms with van der Waals surface area (Å²) in [6.07, 6.45) is 0.888. The Labute approximate surface area is 116 Å². The van der Waals surface area contributed by atoms with Gasteiger partial charge in [-0.3, -0.25) is 4.79 Å². The fourth-order valence-electron chi connectivity index (χ4n) is 1.27. The van der Waals surface area contributed by atoms with Crippen molar-refractivity contribution < 1.29 is 14.3 Å². The van der Waals surface area contributed by atoms with Gasteiger partial charge in [0.2, 0.25) is 0 Å². The van der Waals surface area contributed by atoms with Crippen LogP contribution < -0.4 is 10.5 Å². The lowest BCUT2D eigenvalue weighted by Gasteiger charge is -2.08. The SMILES string of the molecule is COC(=O)CCCOc1ccc(C(N)=S)cc1Cl. The van der Waals surface area contributed by atoms with Gasteiger partial charge < -0.3 is 15.2 Å². The first-order valence-corrected chi connectivity index (χ1v) is 6.12.